The van der Waals surface area contributed by atoms with Crippen LogP contribution >= 0.6 is 0 Å². The van der Waals surface area contributed by atoms with Gasteiger partial charge in [0.1, 0.15) is 0 Å². The smallest absolute Gasteiger partial charge is 0.0473 e. The maximum atomic E-state index is 2.47. The molecule has 0 heterocycles. The second kappa shape index (κ2) is 23.2. The summed E-state index contributed by atoms with van der Waals surface area (Å²) in [6, 6.07) is 92.7. The number of allylic oxidation sites excluding steroid dienone is 2. The van der Waals surface area contributed by atoms with Gasteiger partial charge in [-0.05, 0) is 144 Å². The van der Waals surface area contributed by atoms with E-state index in [1.165, 1.54) is 72.1 Å². The van der Waals surface area contributed by atoms with Crippen molar-refractivity contribution < 1.29 is 0 Å². The van der Waals surface area contributed by atoms with Crippen LogP contribution in [-0.4, -0.2) is 0 Å². The Morgan fingerprint density at radius 1 is 0.392 bits per heavy atom. The fourth-order valence-corrected chi connectivity index (χ4v) is 9.85. The van der Waals surface area contributed by atoms with Gasteiger partial charge in [0, 0.05) is 35.8 Å². The van der Waals surface area contributed by atoms with Crippen molar-refractivity contribution in [1.82, 2.24) is 0 Å². The first-order chi connectivity index (χ1) is 36.3. The predicted molar refractivity (Wildman–Crippen MR) is 318 cm³/mol. The Hall–Kier alpha value is -8.72. The van der Waals surface area contributed by atoms with E-state index in [-0.39, 0.29) is 0 Å². The minimum Gasteiger partial charge on any atom is -0.363 e. The molecule has 0 spiro atoms. The van der Waals surface area contributed by atoms with Crippen LogP contribution in [0.15, 0.2) is 267 Å². The molecule has 2 heteroatoms. The Kier molecular flexibility index (Phi) is 15.3. The van der Waals surface area contributed by atoms with Crippen LogP contribution in [0, 0.1) is 0 Å². The van der Waals surface area contributed by atoms with Crippen LogP contribution in [0.2, 0.25) is 0 Å². The lowest BCUT2D eigenvalue weighted by molar-refractivity contribution is 0.800. The molecule has 0 saturated heterocycles. The Morgan fingerprint density at radius 3 is 1.32 bits per heavy atom. The van der Waals surface area contributed by atoms with Crippen molar-refractivity contribution in [3.05, 3.63) is 323 Å². The molecule has 0 atom stereocenters. The zero-order chi connectivity index (χ0) is 50.6. The summed E-state index contributed by atoms with van der Waals surface area (Å²) in [5.74, 6) is 0.936. The van der Waals surface area contributed by atoms with Crippen molar-refractivity contribution in [1.29, 1.82) is 0 Å². The summed E-state index contributed by atoms with van der Waals surface area (Å²) in [5.41, 5.74) is 19.1. The molecule has 0 aliphatic carbocycles. The number of nitrogens with zero attached hydrogens (tertiary/aromatic N) is 2. The van der Waals surface area contributed by atoms with Gasteiger partial charge in [0.25, 0.3) is 0 Å². The number of fused-ring (bicyclic) bond motifs is 1. The van der Waals surface area contributed by atoms with Gasteiger partial charge in [-0.15, -0.1) is 0 Å². The highest BCUT2D eigenvalue weighted by Crippen LogP contribution is 2.40. The summed E-state index contributed by atoms with van der Waals surface area (Å²) in [5, 5.41) is 2.38. The Morgan fingerprint density at radius 2 is 0.824 bits per heavy atom. The lowest BCUT2D eigenvalue weighted by atomic mass is 9.92. The van der Waals surface area contributed by atoms with Crippen molar-refractivity contribution in [2.45, 2.75) is 52.6 Å². The molecule has 0 bridgehead atoms. The Bertz CT molecular complexity index is 3340. The highest BCUT2D eigenvalue weighted by atomic mass is 15.1. The van der Waals surface area contributed by atoms with E-state index in [0.29, 0.717) is 11.8 Å². The van der Waals surface area contributed by atoms with Crippen LogP contribution in [0.4, 0.5) is 22.7 Å². The van der Waals surface area contributed by atoms with Gasteiger partial charge in [0.05, 0.1) is 0 Å². The monoisotopic (exact) mass is 957 g/mol. The first-order valence-electron chi connectivity index (χ1n) is 26.1. The van der Waals surface area contributed by atoms with Crippen LogP contribution in [0.1, 0.15) is 95.2 Å². The molecule has 10 aromatic carbocycles. The molecule has 0 N–H and O–H groups in total. The highest BCUT2D eigenvalue weighted by Gasteiger charge is 2.17. The van der Waals surface area contributed by atoms with E-state index in [9.17, 15) is 0 Å². The molecule has 0 unspecified atom stereocenters. The summed E-state index contributed by atoms with van der Waals surface area (Å²) < 4.78 is 0. The highest BCUT2D eigenvalue weighted by molar-refractivity contribution is 5.97. The largest absolute Gasteiger partial charge is 0.363 e. The summed E-state index contributed by atoms with van der Waals surface area (Å²) in [6.45, 7) is 10.6. The standard InChI is InChI=1S/C72H64N2/c1-53(2)58-34-38-62(39-35-58)70(63-40-36-59(37-41-63)54(3)4)31-19-29-65-50-69(49-64-28-17-18-30-71(64)65)74(67-42-32-55(33-43-67)48-72(60-24-13-7-14-25-60)61-26-15-8-16-27-61)68-46-44-66(45-47-68)73(51-56-20-9-5-10-21-56)52-57-22-11-6-12-23-57/h5-50,53-54H,51-52H2,1-4H3. The zero-order valence-corrected chi connectivity index (χ0v) is 43.0. The molecule has 0 amide bonds. The van der Waals surface area contributed by atoms with Gasteiger partial charge in [-0.25, -0.2) is 0 Å². The van der Waals surface area contributed by atoms with E-state index in [2.05, 4.69) is 317 Å². The second-order valence-corrected chi connectivity index (χ2v) is 19.8. The van der Waals surface area contributed by atoms with Gasteiger partial charge in [0.15, 0.2) is 0 Å². The van der Waals surface area contributed by atoms with E-state index in [1.54, 1.807) is 0 Å². The van der Waals surface area contributed by atoms with Crippen LogP contribution in [0.5, 0.6) is 0 Å². The van der Waals surface area contributed by atoms with Crippen molar-refractivity contribution in [2.24, 2.45) is 0 Å². The molecule has 0 aliphatic heterocycles. The van der Waals surface area contributed by atoms with E-state index < -0.39 is 0 Å². The minimum atomic E-state index is 0.468. The Balaban J connectivity index is 1.07. The fourth-order valence-electron chi connectivity index (χ4n) is 9.85. The van der Waals surface area contributed by atoms with Crippen molar-refractivity contribution >= 4 is 56.8 Å². The minimum absolute atomic E-state index is 0.468. The maximum Gasteiger partial charge on any atom is 0.0473 e. The van der Waals surface area contributed by atoms with Crippen LogP contribution < -0.4 is 9.80 Å². The lowest BCUT2D eigenvalue weighted by Gasteiger charge is -2.29. The van der Waals surface area contributed by atoms with Crippen LogP contribution in [-0.2, 0) is 13.1 Å². The molecule has 0 radical (unpaired) electrons. The van der Waals surface area contributed by atoms with E-state index in [1.807, 2.05) is 0 Å². The number of anilines is 4. The number of benzene rings is 10. The fraction of sp³-hybridized carbons (Fsp3) is 0.111. The van der Waals surface area contributed by atoms with Crippen molar-refractivity contribution in [2.75, 3.05) is 9.80 Å². The molecule has 0 aromatic heterocycles. The third-order valence-corrected chi connectivity index (χ3v) is 14.0. The molecule has 0 fully saturated rings. The van der Waals surface area contributed by atoms with Crippen LogP contribution in [0.3, 0.4) is 0 Å². The van der Waals surface area contributed by atoms with Crippen LogP contribution in [0.25, 0.3) is 34.1 Å². The number of hydrogen-bond donors (Lipinski definition) is 0. The summed E-state index contributed by atoms with van der Waals surface area (Å²) in [4.78, 5) is 4.87. The molecule has 2 nitrogen and oxygen atoms in total. The SMILES string of the molecule is CC(C)c1ccc(C(=CC=Cc2cc(N(c3ccc(C=C(c4ccccc4)c4ccccc4)cc3)c3ccc(N(Cc4ccccc4)Cc4ccccc4)cc3)cc3ccccc23)c2ccc(C(C)C)cc2)cc1. The maximum absolute atomic E-state index is 2.47. The first-order valence-corrected chi connectivity index (χ1v) is 26.1. The molecular weight excluding hydrogens is 893 g/mol. The van der Waals surface area contributed by atoms with E-state index >= 15 is 0 Å². The third-order valence-electron chi connectivity index (χ3n) is 14.0. The van der Waals surface area contributed by atoms with Gasteiger partial charge >= 0.3 is 0 Å². The molecular formula is C72H64N2. The molecule has 74 heavy (non-hydrogen) atoms. The number of rotatable bonds is 17. The van der Waals surface area contributed by atoms with Gasteiger partial charge in [-0.1, -0.05) is 252 Å². The lowest BCUT2D eigenvalue weighted by Crippen LogP contribution is -2.22. The third kappa shape index (κ3) is 11.8. The van der Waals surface area contributed by atoms with Gasteiger partial charge in [0.2, 0.25) is 0 Å². The zero-order valence-electron chi connectivity index (χ0n) is 43.0. The molecule has 0 aliphatic rings. The topological polar surface area (TPSA) is 6.48 Å². The normalized spacial score (nSPS) is 11.3. The average molecular weight is 957 g/mol. The number of hydrogen-bond acceptors (Lipinski definition) is 2. The molecule has 10 aromatic rings. The quantitative estimate of drug-likeness (QED) is 0.0663. The van der Waals surface area contributed by atoms with Gasteiger partial charge in [-0.2, -0.15) is 0 Å². The summed E-state index contributed by atoms with van der Waals surface area (Å²) in [6.07, 6.45) is 9.11. The average Bonchev–Trinajstić information content (AvgIpc) is 3.45. The van der Waals surface area contributed by atoms with E-state index in [4.69, 9.17) is 0 Å². The van der Waals surface area contributed by atoms with Crippen molar-refractivity contribution in [3.8, 4) is 0 Å². The van der Waals surface area contributed by atoms with Gasteiger partial charge < -0.3 is 9.80 Å². The molecule has 362 valence electrons. The van der Waals surface area contributed by atoms with Gasteiger partial charge in [-0.3, -0.25) is 0 Å². The first kappa shape index (κ1) is 48.9. The van der Waals surface area contributed by atoms with Crippen molar-refractivity contribution in [3.63, 3.8) is 0 Å². The summed E-state index contributed by atoms with van der Waals surface area (Å²) in [7, 11) is 0. The molecule has 0 saturated carbocycles. The second-order valence-electron chi connectivity index (χ2n) is 19.8. The predicted octanol–water partition coefficient (Wildman–Crippen LogP) is 19.5. The summed E-state index contributed by atoms with van der Waals surface area (Å²) >= 11 is 0. The Labute approximate surface area is 439 Å². The molecule has 10 rings (SSSR count). The van der Waals surface area contributed by atoms with E-state index in [0.717, 1.165) is 41.3 Å².